The van der Waals surface area contributed by atoms with Gasteiger partial charge < -0.3 is 10.1 Å². The Morgan fingerprint density at radius 3 is 2.59 bits per heavy atom. The number of aryl methyl sites for hydroxylation is 2. The first-order valence-corrected chi connectivity index (χ1v) is 8.11. The highest BCUT2D eigenvalue weighted by Crippen LogP contribution is 2.25. The maximum atomic E-state index is 12.5. The highest BCUT2D eigenvalue weighted by Gasteiger charge is 2.14. The van der Waals surface area contributed by atoms with Gasteiger partial charge in [0.05, 0.1) is 12.2 Å². The first-order valence-electron chi connectivity index (χ1n) is 7.32. The quantitative estimate of drug-likeness (QED) is 0.803. The van der Waals surface area contributed by atoms with E-state index in [1.54, 1.807) is 6.07 Å². The number of halogens is 1. The molecular formula is C18H20BrNO2. The van der Waals surface area contributed by atoms with E-state index in [-0.39, 0.29) is 5.91 Å². The number of amides is 1. The van der Waals surface area contributed by atoms with Crippen LogP contribution in [0.3, 0.4) is 0 Å². The fraction of sp³-hybridized carbons (Fsp3) is 0.278. The number of ether oxygens (including phenoxy) is 1. The molecule has 22 heavy (non-hydrogen) atoms. The second kappa shape index (κ2) is 7.45. The standard InChI is InChI=1S/C18H20BrNO2/c1-4-9-22-17-8-6-14(19)11-16(17)18(21)20-15-7-5-12(2)13(3)10-15/h5-8,10-11H,4,9H2,1-3H3,(H,20,21). The van der Waals surface area contributed by atoms with E-state index in [0.717, 1.165) is 22.1 Å². The summed E-state index contributed by atoms with van der Waals surface area (Å²) in [6.07, 6.45) is 0.897. The van der Waals surface area contributed by atoms with Gasteiger partial charge in [-0.3, -0.25) is 4.79 Å². The highest BCUT2D eigenvalue weighted by atomic mass is 79.9. The van der Waals surface area contributed by atoms with E-state index in [2.05, 4.69) is 21.2 Å². The molecule has 4 heteroatoms. The van der Waals surface area contributed by atoms with Crippen molar-refractivity contribution in [2.45, 2.75) is 27.2 Å². The van der Waals surface area contributed by atoms with Crippen molar-refractivity contribution in [3.05, 3.63) is 57.6 Å². The average molecular weight is 362 g/mol. The first-order chi connectivity index (χ1) is 10.5. The molecule has 0 heterocycles. The van der Waals surface area contributed by atoms with Crippen molar-refractivity contribution in [3.63, 3.8) is 0 Å². The first kappa shape index (κ1) is 16.6. The minimum Gasteiger partial charge on any atom is -0.493 e. The molecule has 1 amide bonds. The van der Waals surface area contributed by atoms with Crippen LogP contribution < -0.4 is 10.1 Å². The van der Waals surface area contributed by atoms with Gasteiger partial charge in [-0.25, -0.2) is 0 Å². The van der Waals surface area contributed by atoms with Crippen LogP contribution in [0.25, 0.3) is 0 Å². The Bertz CT molecular complexity index is 683. The zero-order valence-corrected chi connectivity index (χ0v) is 14.7. The van der Waals surface area contributed by atoms with Gasteiger partial charge in [0.2, 0.25) is 0 Å². The Hall–Kier alpha value is -1.81. The zero-order chi connectivity index (χ0) is 16.1. The summed E-state index contributed by atoms with van der Waals surface area (Å²) in [7, 11) is 0. The van der Waals surface area contributed by atoms with Gasteiger partial charge in [0.25, 0.3) is 5.91 Å². The third kappa shape index (κ3) is 4.10. The number of carbonyl (C=O) groups is 1. The summed E-state index contributed by atoms with van der Waals surface area (Å²) >= 11 is 3.40. The summed E-state index contributed by atoms with van der Waals surface area (Å²) in [6, 6.07) is 11.3. The van der Waals surface area contributed by atoms with Gasteiger partial charge in [0.1, 0.15) is 5.75 Å². The number of hydrogen-bond acceptors (Lipinski definition) is 2. The van der Waals surface area contributed by atoms with Crippen molar-refractivity contribution in [1.29, 1.82) is 0 Å². The molecule has 0 unspecified atom stereocenters. The van der Waals surface area contributed by atoms with Crippen molar-refractivity contribution >= 4 is 27.5 Å². The third-order valence-electron chi connectivity index (χ3n) is 3.41. The van der Waals surface area contributed by atoms with Gasteiger partial charge in [-0.05, 0) is 61.7 Å². The lowest BCUT2D eigenvalue weighted by molar-refractivity contribution is 0.102. The van der Waals surface area contributed by atoms with Crippen molar-refractivity contribution in [3.8, 4) is 5.75 Å². The van der Waals surface area contributed by atoms with Crippen LogP contribution in [-0.4, -0.2) is 12.5 Å². The molecule has 0 aliphatic rings. The molecule has 0 saturated heterocycles. The van der Waals surface area contributed by atoms with E-state index in [9.17, 15) is 4.79 Å². The predicted molar refractivity (Wildman–Crippen MR) is 93.8 cm³/mol. The number of carbonyl (C=O) groups excluding carboxylic acids is 1. The molecule has 2 aromatic rings. The van der Waals surface area contributed by atoms with Gasteiger partial charge in [0, 0.05) is 10.2 Å². The van der Waals surface area contributed by atoms with E-state index >= 15 is 0 Å². The summed E-state index contributed by atoms with van der Waals surface area (Å²) in [5, 5.41) is 2.93. The fourth-order valence-corrected chi connectivity index (χ4v) is 2.40. The van der Waals surface area contributed by atoms with Crippen LogP contribution >= 0.6 is 15.9 Å². The normalized spacial score (nSPS) is 10.4. The molecule has 0 atom stereocenters. The largest absolute Gasteiger partial charge is 0.493 e. The van der Waals surface area contributed by atoms with Crippen molar-refractivity contribution in [2.75, 3.05) is 11.9 Å². The molecule has 0 bridgehead atoms. The van der Waals surface area contributed by atoms with Gasteiger partial charge in [-0.1, -0.05) is 28.9 Å². The maximum Gasteiger partial charge on any atom is 0.259 e. The SMILES string of the molecule is CCCOc1ccc(Br)cc1C(=O)Nc1ccc(C)c(C)c1. The van der Waals surface area contributed by atoms with Crippen LogP contribution in [0.1, 0.15) is 34.8 Å². The zero-order valence-electron chi connectivity index (χ0n) is 13.1. The summed E-state index contributed by atoms with van der Waals surface area (Å²) < 4.78 is 6.51. The van der Waals surface area contributed by atoms with E-state index in [1.807, 2.05) is 51.1 Å². The molecule has 0 fully saturated rings. The lowest BCUT2D eigenvalue weighted by atomic mass is 10.1. The number of rotatable bonds is 5. The Labute approximate surface area is 139 Å². The maximum absolute atomic E-state index is 12.5. The molecule has 1 N–H and O–H groups in total. The van der Waals surface area contributed by atoms with Crippen molar-refractivity contribution < 1.29 is 9.53 Å². The number of anilines is 1. The topological polar surface area (TPSA) is 38.3 Å². The van der Waals surface area contributed by atoms with Gasteiger partial charge in [-0.15, -0.1) is 0 Å². The molecule has 0 aliphatic heterocycles. The lowest BCUT2D eigenvalue weighted by Crippen LogP contribution is -2.14. The molecule has 2 rings (SSSR count). The summed E-state index contributed by atoms with van der Waals surface area (Å²) in [5.41, 5.74) is 3.66. The number of nitrogens with one attached hydrogen (secondary N) is 1. The third-order valence-corrected chi connectivity index (χ3v) is 3.91. The van der Waals surface area contributed by atoms with E-state index in [0.29, 0.717) is 17.9 Å². The molecule has 0 aromatic heterocycles. The number of hydrogen-bond donors (Lipinski definition) is 1. The molecule has 3 nitrogen and oxygen atoms in total. The van der Waals surface area contributed by atoms with Crippen molar-refractivity contribution in [2.24, 2.45) is 0 Å². The monoisotopic (exact) mass is 361 g/mol. The van der Waals surface area contributed by atoms with Crippen LogP contribution in [0.15, 0.2) is 40.9 Å². The van der Waals surface area contributed by atoms with Crippen LogP contribution in [0.2, 0.25) is 0 Å². The second-order valence-electron chi connectivity index (χ2n) is 5.24. The average Bonchev–Trinajstić information content (AvgIpc) is 2.49. The summed E-state index contributed by atoms with van der Waals surface area (Å²) in [6.45, 7) is 6.70. The van der Waals surface area contributed by atoms with E-state index in [1.165, 1.54) is 5.56 Å². The molecule has 116 valence electrons. The molecule has 2 aromatic carbocycles. The Balaban J connectivity index is 2.24. The van der Waals surface area contributed by atoms with Crippen LogP contribution in [0.5, 0.6) is 5.75 Å². The number of benzene rings is 2. The smallest absolute Gasteiger partial charge is 0.259 e. The molecular weight excluding hydrogens is 342 g/mol. The van der Waals surface area contributed by atoms with E-state index < -0.39 is 0 Å². The fourth-order valence-electron chi connectivity index (χ4n) is 2.04. The minimum atomic E-state index is -0.171. The van der Waals surface area contributed by atoms with Crippen LogP contribution in [-0.2, 0) is 0 Å². The van der Waals surface area contributed by atoms with Crippen molar-refractivity contribution in [1.82, 2.24) is 0 Å². The summed E-state index contributed by atoms with van der Waals surface area (Å²) in [5.74, 6) is 0.432. The molecule has 0 saturated carbocycles. The van der Waals surface area contributed by atoms with E-state index in [4.69, 9.17) is 4.74 Å². The highest BCUT2D eigenvalue weighted by molar-refractivity contribution is 9.10. The predicted octanol–water partition coefficient (Wildman–Crippen LogP) is 5.11. The van der Waals surface area contributed by atoms with Gasteiger partial charge >= 0.3 is 0 Å². The lowest BCUT2D eigenvalue weighted by Gasteiger charge is -2.12. The Morgan fingerprint density at radius 1 is 1.14 bits per heavy atom. The van der Waals surface area contributed by atoms with Crippen LogP contribution in [0.4, 0.5) is 5.69 Å². The molecule has 0 spiro atoms. The van der Waals surface area contributed by atoms with Gasteiger partial charge in [0.15, 0.2) is 0 Å². The van der Waals surface area contributed by atoms with Crippen LogP contribution in [0, 0.1) is 13.8 Å². The summed E-state index contributed by atoms with van der Waals surface area (Å²) in [4.78, 5) is 12.5. The minimum absolute atomic E-state index is 0.171. The second-order valence-corrected chi connectivity index (χ2v) is 6.16. The van der Waals surface area contributed by atoms with Gasteiger partial charge in [-0.2, -0.15) is 0 Å². The molecule has 0 radical (unpaired) electrons. The Morgan fingerprint density at radius 2 is 1.91 bits per heavy atom. The molecule has 0 aliphatic carbocycles. The Kier molecular flexibility index (Phi) is 5.61.